The van der Waals surface area contributed by atoms with E-state index in [9.17, 15) is 0 Å². The largest absolute Gasteiger partial charge is 0.492 e. The van der Waals surface area contributed by atoms with Gasteiger partial charge in [-0.15, -0.1) is 0 Å². The lowest BCUT2D eigenvalue weighted by molar-refractivity contribution is -0.159. The van der Waals surface area contributed by atoms with Crippen molar-refractivity contribution in [3.8, 4) is 5.75 Å². The topological polar surface area (TPSA) is 105 Å². The summed E-state index contributed by atoms with van der Waals surface area (Å²) in [5, 5.41) is 18.0. The van der Waals surface area contributed by atoms with Gasteiger partial charge in [0.15, 0.2) is 0 Å². The summed E-state index contributed by atoms with van der Waals surface area (Å²) < 4.78 is 10.7. The van der Waals surface area contributed by atoms with Crippen LogP contribution in [0.3, 0.4) is 0 Å². The molecule has 7 nitrogen and oxygen atoms in total. The van der Waals surface area contributed by atoms with Gasteiger partial charge >= 0.3 is 11.9 Å². The quantitative estimate of drug-likeness (QED) is 0.490. The summed E-state index contributed by atoms with van der Waals surface area (Å²) in [6.07, 6.45) is 0. The Labute approximate surface area is 142 Å². The smallest absolute Gasteiger partial charge is 0.414 e. The first kappa shape index (κ1) is 21.9. The fourth-order valence-electron chi connectivity index (χ4n) is 1.93. The van der Waals surface area contributed by atoms with Crippen molar-refractivity contribution >= 4 is 11.9 Å². The van der Waals surface area contributed by atoms with Gasteiger partial charge in [-0.3, -0.25) is 0 Å². The Bertz CT molecular complexity index is 504. The van der Waals surface area contributed by atoms with Crippen LogP contribution in [0.4, 0.5) is 0 Å². The minimum atomic E-state index is -1.82. The molecule has 1 aromatic carbocycles. The van der Waals surface area contributed by atoms with Gasteiger partial charge in [0, 0.05) is 20.2 Å². The number of rotatable bonds is 8. The molecule has 0 heterocycles. The molecule has 0 aliphatic rings. The molecule has 0 aliphatic heterocycles. The summed E-state index contributed by atoms with van der Waals surface area (Å²) in [5.74, 6) is -2.13. The average Bonchev–Trinajstić information content (AvgIpc) is 2.51. The van der Waals surface area contributed by atoms with E-state index in [1.807, 2.05) is 0 Å². The molecule has 0 saturated carbocycles. The number of benzene rings is 1. The van der Waals surface area contributed by atoms with E-state index in [0.29, 0.717) is 12.5 Å². The Morgan fingerprint density at radius 1 is 1.12 bits per heavy atom. The van der Waals surface area contributed by atoms with E-state index in [1.54, 1.807) is 7.11 Å². The van der Waals surface area contributed by atoms with Crippen molar-refractivity contribution < 1.29 is 29.3 Å². The Morgan fingerprint density at radius 3 is 2.17 bits per heavy atom. The Morgan fingerprint density at radius 2 is 1.71 bits per heavy atom. The molecular formula is C17H27NO6. The maximum atomic E-state index is 9.10. The zero-order valence-electron chi connectivity index (χ0n) is 14.7. The highest BCUT2D eigenvalue weighted by Gasteiger charge is 2.05. The molecule has 0 aliphatic carbocycles. The van der Waals surface area contributed by atoms with E-state index in [0.717, 1.165) is 25.4 Å². The molecule has 0 radical (unpaired) electrons. The van der Waals surface area contributed by atoms with Gasteiger partial charge < -0.3 is 25.0 Å². The van der Waals surface area contributed by atoms with Gasteiger partial charge in [0.25, 0.3) is 0 Å². The molecule has 0 bridgehead atoms. The summed E-state index contributed by atoms with van der Waals surface area (Å²) in [4.78, 5) is 18.2. The highest BCUT2D eigenvalue weighted by Crippen LogP contribution is 2.23. The van der Waals surface area contributed by atoms with E-state index >= 15 is 0 Å². The molecule has 1 aromatic rings. The molecule has 24 heavy (non-hydrogen) atoms. The van der Waals surface area contributed by atoms with Crippen molar-refractivity contribution in [3.63, 3.8) is 0 Å². The van der Waals surface area contributed by atoms with Gasteiger partial charge in [0.1, 0.15) is 12.4 Å². The van der Waals surface area contributed by atoms with E-state index in [2.05, 4.69) is 44.3 Å². The van der Waals surface area contributed by atoms with E-state index < -0.39 is 11.9 Å². The second-order valence-electron chi connectivity index (χ2n) is 5.37. The van der Waals surface area contributed by atoms with E-state index in [1.165, 1.54) is 11.1 Å². The van der Waals surface area contributed by atoms with Gasteiger partial charge in [0.05, 0.1) is 6.61 Å². The molecule has 0 unspecified atom stereocenters. The molecular weight excluding hydrogens is 314 g/mol. The molecule has 3 N–H and O–H groups in total. The number of methoxy groups -OCH3 is 1. The standard InChI is InChI=1S/C15H25NO2.C2H2O4/c1-12(2)15-6-5-14(11-13(15)3)18-10-8-16-7-9-17-4;3-1(4)2(5)6/h5-6,11-12,16H,7-10H2,1-4H3;(H,3,4)(H,5,6). The van der Waals surface area contributed by atoms with Crippen molar-refractivity contribution in [2.75, 3.05) is 33.4 Å². The monoisotopic (exact) mass is 341 g/mol. The fourth-order valence-corrected chi connectivity index (χ4v) is 1.93. The minimum Gasteiger partial charge on any atom is -0.492 e. The highest BCUT2D eigenvalue weighted by molar-refractivity contribution is 6.27. The van der Waals surface area contributed by atoms with Gasteiger partial charge in [-0.25, -0.2) is 9.59 Å². The van der Waals surface area contributed by atoms with E-state index in [4.69, 9.17) is 29.3 Å². The lowest BCUT2D eigenvalue weighted by atomic mass is 9.98. The third-order valence-electron chi connectivity index (χ3n) is 3.08. The first-order valence-electron chi connectivity index (χ1n) is 7.68. The van der Waals surface area contributed by atoms with Crippen LogP contribution in [0.15, 0.2) is 18.2 Å². The molecule has 0 fully saturated rings. The second-order valence-corrected chi connectivity index (χ2v) is 5.37. The number of ether oxygens (including phenoxy) is 2. The minimum absolute atomic E-state index is 0.565. The predicted molar refractivity (Wildman–Crippen MR) is 90.8 cm³/mol. The molecule has 1 rings (SSSR count). The maximum Gasteiger partial charge on any atom is 0.414 e. The first-order valence-corrected chi connectivity index (χ1v) is 7.68. The Hall–Kier alpha value is -2.12. The van der Waals surface area contributed by atoms with Crippen molar-refractivity contribution in [1.29, 1.82) is 0 Å². The summed E-state index contributed by atoms with van der Waals surface area (Å²) in [5.41, 5.74) is 2.69. The summed E-state index contributed by atoms with van der Waals surface area (Å²) in [6, 6.07) is 6.33. The van der Waals surface area contributed by atoms with Crippen LogP contribution in [0.2, 0.25) is 0 Å². The SMILES string of the molecule is COCCNCCOc1ccc(C(C)C)c(C)c1.O=C(O)C(=O)O. The first-order chi connectivity index (χ1) is 11.3. The Kier molecular flexibility index (Phi) is 11.2. The van der Waals surface area contributed by atoms with Gasteiger partial charge in [0.2, 0.25) is 0 Å². The third-order valence-corrected chi connectivity index (χ3v) is 3.08. The van der Waals surface area contributed by atoms with E-state index in [-0.39, 0.29) is 0 Å². The van der Waals surface area contributed by atoms with Crippen LogP contribution in [-0.2, 0) is 14.3 Å². The van der Waals surface area contributed by atoms with Crippen LogP contribution >= 0.6 is 0 Å². The van der Waals surface area contributed by atoms with Gasteiger partial charge in [-0.05, 0) is 36.1 Å². The van der Waals surface area contributed by atoms with Crippen LogP contribution in [0.25, 0.3) is 0 Å². The number of nitrogens with one attached hydrogen (secondary N) is 1. The molecule has 136 valence electrons. The molecule has 0 saturated heterocycles. The normalized spacial score (nSPS) is 10.0. The van der Waals surface area contributed by atoms with Crippen LogP contribution in [-0.4, -0.2) is 55.6 Å². The summed E-state index contributed by atoms with van der Waals surface area (Å²) in [7, 11) is 1.71. The Balaban J connectivity index is 0.000000754. The van der Waals surface area contributed by atoms with Gasteiger partial charge in [-0.2, -0.15) is 0 Å². The van der Waals surface area contributed by atoms with Crippen LogP contribution in [0, 0.1) is 6.92 Å². The number of carboxylic acid groups (broad SMARTS) is 2. The number of hydrogen-bond donors (Lipinski definition) is 3. The molecule has 0 aromatic heterocycles. The zero-order valence-corrected chi connectivity index (χ0v) is 14.7. The number of carbonyl (C=O) groups is 2. The average molecular weight is 341 g/mol. The lowest BCUT2D eigenvalue weighted by Gasteiger charge is -2.12. The van der Waals surface area contributed by atoms with Crippen LogP contribution < -0.4 is 10.1 Å². The predicted octanol–water partition coefficient (Wildman–Crippen LogP) is 1.89. The van der Waals surface area contributed by atoms with Crippen molar-refractivity contribution in [1.82, 2.24) is 5.32 Å². The number of aryl methyl sites for hydroxylation is 1. The van der Waals surface area contributed by atoms with Crippen molar-refractivity contribution in [2.24, 2.45) is 0 Å². The third kappa shape index (κ3) is 9.81. The second kappa shape index (κ2) is 12.3. The number of aliphatic carboxylic acids is 2. The summed E-state index contributed by atoms with van der Waals surface area (Å²) in [6.45, 7) is 9.69. The molecule has 7 heteroatoms. The lowest BCUT2D eigenvalue weighted by Crippen LogP contribution is -2.24. The number of carboxylic acids is 2. The van der Waals surface area contributed by atoms with Crippen LogP contribution in [0.1, 0.15) is 30.9 Å². The van der Waals surface area contributed by atoms with Crippen molar-refractivity contribution in [2.45, 2.75) is 26.7 Å². The fraction of sp³-hybridized carbons (Fsp3) is 0.529. The highest BCUT2D eigenvalue weighted by atomic mass is 16.5. The maximum absolute atomic E-state index is 9.10. The summed E-state index contributed by atoms with van der Waals surface area (Å²) >= 11 is 0. The molecule has 0 spiro atoms. The van der Waals surface area contributed by atoms with Crippen molar-refractivity contribution in [3.05, 3.63) is 29.3 Å². The zero-order chi connectivity index (χ0) is 18.5. The van der Waals surface area contributed by atoms with Crippen LogP contribution in [0.5, 0.6) is 5.75 Å². The van der Waals surface area contributed by atoms with Gasteiger partial charge in [-0.1, -0.05) is 19.9 Å². The molecule has 0 amide bonds. The molecule has 0 atom stereocenters. The number of hydrogen-bond acceptors (Lipinski definition) is 5.